The van der Waals surface area contributed by atoms with Crippen LogP contribution in [0.5, 0.6) is 0 Å². The Labute approximate surface area is 170 Å². The molecule has 1 saturated heterocycles. The molecule has 1 fully saturated rings. The van der Waals surface area contributed by atoms with Gasteiger partial charge in [0.15, 0.2) is 5.96 Å². The summed E-state index contributed by atoms with van der Waals surface area (Å²) in [6, 6.07) is 0.407. The Kier molecular flexibility index (Phi) is 14.2. The van der Waals surface area contributed by atoms with Gasteiger partial charge in [-0.25, -0.2) is 0 Å². The molecule has 0 unspecified atom stereocenters. The number of primary amides is 1. The fourth-order valence-corrected chi connectivity index (χ4v) is 2.84. The van der Waals surface area contributed by atoms with E-state index in [2.05, 4.69) is 46.3 Å². The molecular weight excluding hydrogens is 431 g/mol. The summed E-state index contributed by atoms with van der Waals surface area (Å²) in [7, 11) is 2.15. The van der Waals surface area contributed by atoms with Gasteiger partial charge in [-0.05, 0) is 39.8 Å². The number of nitrogens with zero attached hydrogens (tertiary/aromatic N) is 3. The number of guanidine groups is 1. The van der Waals surface area contributed by atoms with Crippen molar-refractivity contribution in [3.05, 3.63) is 0 Å². The van der Waals surface area contributed by atoms with Crippen LogP contribution in [0.1, 0.15) is 39.5 Å². The van der Waals surface area contributed by atoms with Crippen LogP contribution in [-0.2, 0) is 4.79 Å². The Morgan fingerprint density at radius 1 is 1.28 bits per heavy atom. The molecule has 0 radical (unpaired) electrons. The molecule has 1 aliphatic rings. The van der Waals surface area contributed by atoms with Gasteiger partial charge in [0, 0.05) is 32.2 Å². The fourth-order valence-electron chi connectivity index (χ4n) is 2.84. The van der Waals surface area contributed by atoms with Crippen LogP contribution < -0.4 is 16.4 Å². The van der Waals surface area contributed by atoms with Crippen LogP contribution >= 0.6 is 24.0 Å². The lowest BCUT2D eigenvalue weighted by Crippen LogP contribution is -2.50. The molecule has 0 saturated carbocycles. The average molecular weight is 468 g/mol. The number of aliphatic imine (C=N–C) groups is 1. The molecule has 7 nitrogen and oxygen atoms in total. The van der Waals surface area contributed by atoms with Gasteiger partial charge < -0.3 is 21.3 Å². The van der Waals surface area contributed by atoms with Crippen molar-refractivity contribution in [2.75, 3.05) is 52.9 Å². The number of hydrogen-bond donors (Lipinski definition) is 3. The normalized spacial score (nSPS) is 16.6. The van der Waals surface area contributed by atoms with Crippen molar-refractivity contribution in [1.29, 1.82) is 0 Å². The maximum absolute atomic E-state index is 11.0. The molecule has 25 heavy (non-hydrogen) atoms. The Morgan fingerprint density at radius 3 is 2.52 bits per heavy atom. The molecule has 0 spiro atoms. The SMILES string of the molecule is CCCCN(C)CCN=C(NCC)NC1CCN(CC(N)=O)CC1.I. The van der Waals surface area contributed by atoms with E-state index in [1.807, 2.05) is 0 Å². The van der Waals surface area contributed by atoms with Gasteiger partial charge in [-0.1, -0.05) is 13.3 Å². The van der Waals surface area contributed by atoms with Crippen molar-refractivity contribution >= 4 is 35.8 Å². The number of piperidine rings is 1. The van der Waals surface area contributed by atoms with Gasteiger partial charge in [-0.15, -0.1) is 24.0 Å². The molecule has 1 amide bonds. The summed E-state index contributed by atoms with van der Waals surface area (Å²) in [5, 5.41) is 6.85. The van der Waals surface area contributed by atoms with Crippen molar-refractivity contribution < 1.29 is 4.79 Å². The van der Waals surface area contributed by atoms with Gasteiger partial charge in [0.2, 0.25) is 5.91 Å². The Bertz CT molecular complexity index is 385. The van der Waals surface area contributed by atoms with Gasteiger partial charge in [0.25, 0.3) is 0 Å². The summed E-state index contributed by atoms with van der Waals surface area (Å²) in [4.78, 5) is 20.1. The van der Waals surface area contributed by atoms with Gasteiger partial charge in [0.05, 0.1) is 13.1 Å². The lowest BCUT2D eigenvalue weighted by Gasteiger charge is -2.32. The first-order valence-electron chi connectivity index (χ1n) is 9.29. The fraction of sp³-hybridized carbons (Fsp3) is 0.882. The van der Waals surface area contributed by atoms with Crippen LogP contribution in [0.3, 0.4) is 0 Å². The highest BCUT2D eigenvalue weighted by atomic mass is 127. The van der Waals surface area contributed by atoms with E-state index >= 15 is 0 Å². The second-order valence-electron chi connectivity index (χ2n) is 6.58. The van der Waals surface area contributed by atoms with Crippen LogP contribution in [0.15, 0.2) is 4.99 Å². The highest BCUT2D eigenvalue weighted by molar-refractivity contribution is 14.0. The summed E-state index contributed by atoms with van der Waals surface area (Å²) in [5.74, 6) is 0.651. The maximum Gasteiger partial charge on any atom is 0.231 e. The topological polar surface area (TPSA) is 86.0 Å². The molecule has 1 heterocycles. The largest absolute Gasteiger partial charge is 0.369 e. The third-order valence-corrected chi connectivity index (χ3v) is 4.30. The number of carbonyl (C=O) groups excluding carboxylic acids is 1. The van der Waals surface area contributed by atoms with Gasteiger partial charge in [-0.3, -0.25) is 14.7 Å². The number of amides is 1. The summed E-state index contributed by atoms with van der Waals surface area (Å²) in [6.07, 6.45) is 4.48. The molecule has 8 heteroatoms. The van der Waals surface area contributed by atoms with Gasteiger partial charge >= 0.3 is 0 Å². The molecule has 1 aliphatic heterocycles. The van der Waals surface area contributed by atoms with E-state index < -0.39 is 0 Å². The molecule has 0 aromatic heterocycles. The second kappa shape index (κ2) is 14.5. The van der Waals surface area contributed by atoms with Gasteiger partial charge in [0.1, 0.15) is 0 Å². The van der Waals surface area contributed by atoms with Crippen molar-refractivity contribution in [3.8, 4) is 0 Å². The van der Waals surface area contributed by atoms with Gasteiger partial charge in [-0.2, -0.15) is 0 Å². The highest BCUT2D eigenvalue weighted by Gasteiger charge is 2.20. The minimum Gasteiger partial charge on any atom is -0.369 e. The van der Waals surface area contributed by atoms with Crippen molar-refractivity contribution in [2.24, 2.45) is 10.7 Å². The highest BCUT2D eigenvalue weighted by Crippen LogP contribution is 2.09. The molecule has 1 rings (SSSR count). The first kappa shape index (κ1) is 24.4. The van der Waals surface area contributed by atoms with Crippen LogP contribution in [0, 0.1) is 0 Å². The van der Waals surface area contributed by atoms with E-state index in [1.54, 1.807) is 0 Å². The molecule has 0 aliphatic carbocycles. The van der Waals surface area contributed by atoms with E-state index in [0.717, 1.165) is 58.1 Å². The zero-order chi connectivity index (χ0) is 17.8. The zero-order valence-corrected chi connectivity index (χ0v) is 18.4. The van der Waals surface area contributed by atoms with Crippen molar-refractivity contribution in [1.82, 2.24) is 20.4 Å². The van der Waals surface area contributed by atoms with Crippen molar-refractivity contribution in [2.45, 2.75) is 45.6 Å². The molecule has 148 valence electrons. The summed E-state index contributed by atoms with van der Waals surface area (Å²) < 4.78 is 0. The number of likely N-dealkylation sites (N-methyl/N-ethyl adjacent to an activating group) is 1. The first-order valence-corrected chi connectivity index (χ1v) is 9.29. The number of nitrogens with one attached hydrogen (secondary N) is 2. The number of likely N-dealkylation sites (tertiary alicyclic amines) is 1. The minimum absolute atomic E-state index is 0. The smallest absolute Gasteiger partial charge is 0.231 e. The quantitative estimate of drug-likeness (QED) is 0.252. The number of carbonyl (C=O) groups is 1. The maximum atomic E-state index is 11.0. The van der Waals surface area contributed by atoms with E-state index in [-0.39, 0.29) is 29.9 Å². The van der Waals surface area contributed by atoms with Crippen LogP contribution in [0.4, 0.5) is 0 Å². The summed E-state index contributed by atoms with van der Waals surface area (Å²) >= 11 is 0. The number of hydrogen-bond acceptors (Lipinski definition) is 4. The molecule has 0 atom stereocenters. The van der Waals surface area contributed by atoms with Crippen LogP contribution in [-0.4, -0.2) is 80.6 Å². The van der Waals surface area contributed by atoms with Crippen LogP contribution in [0.25, 0.3) is 0 Å². The predicted molar refractivity (Wildman–Crippen MR) is 116 cm³/mol. The molecule has 0 aromatic rings. The third-order valence-electron chi connectivity index (χ3n) is 4.30. The van der Waals surface area contributed by atoms with Crippen LogP contribution in [0.2, 0.25) is 0 Å². The van der Waals surface area contributed by atoms with E-state index in [0.29, 0.717) is 12.6 Å². The molecule has 4 N–H and O–H groups in total. The Balaban J connectivity index is 0.00000576. The minimum atomic E-state index is -0.247. The predicted octanol–water partition coefficient (Wildman–Crippen LogP) is 0.841. The first-order chi connectivity index (χ1) is 11.5. The number of rotatable bonds is 10. The summed E-state index contributed by atoms with van der Waals surface area (Å²) in [6.45, 7) is 10.2. The Morgan fingerprint density at radius 2 is 1.96 bits per heavy atom. The number of unbranched alkanes of at least 4 members (excludes halogenated alkanes) is 1. The molecule has 0 aromatic carbocycles. The van der Waals surface area contributed by atoms with E-state index in [9.17, 15) is 4.79 Å². The van der Waals surface area contributed by atoms with E-state index in [4.69, 9.17) is 5.73 Å². The lowest BCUT2D eigenvalue weighted by atomic mass is 10.1. The van der Waals surface area contributed by atoms with Crippen molar-refractivity contribution in [3.63, 3.8) is 0 Å². The standard InChI is InChI=1S/C17H36N6O.HI/c1-4-6-10-22(3)13-9-20-17(19-5-2)21-15-7-11-23(12-8-15)14-16(18)24;/h15H,4-14H2,1-3H3,(H2,18,24)(H2,19,20,21);1H. The average Bonchev–Trinajstić information content (AvgIpc) is 2.54. The summed E-state index contributed by atoms with van der Waals surface area (Å²) in [5.41, 5.74) is 5.26. The zero-order valence-electron chi connectivity index (χ0n) is 16.1. The third kappa shape index (κ3) is 11.6. The monoisotopic (exact) mass is 468 g/mol. The second-order valence-corrected chi connectivity index (χ2v) is 6.58. The number of nitrogens with two attached hydrogens (primary N) is 1. The molecule has 0 bridgehead atoms. The molecular formula is C17H37IN6O. The van der Waals surface area contributed by atoms with E-state index in [1.165, 1.54) is 12.8 Å². The Hall–Kier alpha value is -0.610. The lowest BCUT2D eigenvalue weighted by molar-refractivity contribution is -0.119. The number of halogens is 1.